The Morgan fingerprint density at radius 3 is 2.21 bits per heavy atom. The summed E-state index contributed by atoms with van der Waals surface area (Å²) in [7, 11) is 0.106. The van der Waals surface area contributed by atoms with E-state index >= 15 is 0 Å². The lowest BCUT2D eigenvalue weighted by Gasteiger charge is -2.32. The van der Waals surface area contributed by atoms with Crippen LogP contribution in [0.25, 0.3) is 22.3 Å². The van der Waals surface area contributed by atoms with Crippen LogP contribution >= 0.6 is 0 Å². The number of hydrogen-bond donors (Lipinski definition) is 2. The lowest BCUT2D eigenvalue weighted by atomic mass is 10.00. The van der Waals surface area contributed by atoms with Crippen molar-refractivity contribution in [2.75, 3.05) is 61.5 Å². The highest BCUT2D eigenvalue weighted by Gasteiger charge is 2.23. The predicted molar refractivity (Wildman–Crippen MR) is 172 cm³/mol. The zero-order valence-corrected chi connectivity index (χ0v) is 25.1. The van der Waals surface area contributed by atoms with Crippen LogP contribution < -0.4 is 14.9 Å². The molecule has 220 valence electrons. The van der Waals surface area contributed by atoms with Crippen molar-refractivity contribution in [3.63, 3.8) is 0 Å². The molecule has 0 atom stereocenters. The molecule has 43 heavy (non-hydrogen) atoms. The number of anilines is 4. The van der Waals surface area contributed by atoms with Gasteiger partial charge in [0.25, 0.3) is 11.8 Å². The molecule has 0 radical (unpaired) electrons. The smallest absolute Gasteiger partial charge is 0.257 e. The molecule has 0 aromatic heterocycles. The Hall–Kier alpha value is -4.67. The van der Waals surface area contributed by atoms with Gasteiger partial charge < -0.3 is 20.4 Å². The number of carbonyl (C=O) groups is 2. The van der Waals surface area contributed by atoms with Gasteiger partial charge in [-0.2, -0.15) is 0 Å². The van der Waals surface area contributed by atoms with Gasteiger partial charge in [0.2, 0.25) is 10.0 Å². The van der Waals surface area contributed by atoms with E-state index in [0.717, 1.165) is 35.3 Å². The Labute approximate surface area is 251 Å². The molecule has 2 aliphatic heterocycles. The normalized spacial score (nSPS) is 15.0. The van der Waals surface area contributed by atoms with E-state index < -0.39 is 10.0 Å². The number of piperazine rings is 1. The Kier molecular flexibility index (Phi) is 7.41. The van der Waals surface area contributed by atoms with E-state index in [1.165, 1.54) is 17.6 Å². The first-order valence-corrected chi connectivity index (χ1v) is 15.9. The molecule has 2 aliphatic rings. The van der Waals surface area contributed by atoms with Crippen LogP contribution in [0.15, 0.2) is 84.9 Å². The molecule has 1 fully saturated rings. The summed E-state index contributed by atoms with van der Waals surface area (Å²) in [6, 6.07) is 26.1. The number of likely N-dealkylation sites (N-methyl/N-ethyl adjacent to an activating group) is 1. The van der Waals surface area contributed by atoms with Gasteiger partial charge in [0.1, 0.15) is 0 Å². The Morgan fingerprint density at radius 1 is 0.744 bits per heavy atom. The molecular formula is C33H33N5O4S. The first-order chi connectivity index (χ1) is 20.6. The van der Waals surface area contributed by atoms with E-state index in [9.17, 15) is 18.0 Å². The highest BCUT2D eigenvalue weighted by molar-refractivity contribution is 7.92. The van der Waals surface area contributed by atoms with Gasteiger partial charge in [-0.3, -0.25) is 13.9 Å². The average Bonchev–Trinajstić information content (AvgIpc) is 3.15. The predicted octanol–water partition coefficient (Wildman–Crippen LogP) is 5.11. The van der Waals surface area contributed by atoms with Crippen LogP contribution in [0.5, 0.6) is 0 Å². The van der Waals surface area contributed by atoms with E-state index in [2.05, 4.69) is 22.6 Å². The maximum atomic E-state index is 13.2. The standard InChI is InChI=1S/C33H33N5O4S/c1-36-15-17-38(18-16-36)33(40)25-8-6-7-22(19-25)23-12-14-28-30(20-23)34-29-21-24(11-13-27(29)32(39)35-28)26-9-4-5-10-31(26)37(2)43(3,41)42/h4-14,19-21,34H,15-18H2,1-3H3,(H,35,39). The van der Waals surface area contributed by atoms with Gasteiger partial charge in [-0.1, -0.05) is 42.5 Å². The molecule has 0 bridgehead atoms. The zero-order valence-electron chi connectivity index (χ0n) is 24.3. The molecule has 10 heteroatoms. The minimum absolute atomic E-state index is 0.0263. The highest BCUT2D eigenvalue weighted by atomic mass is 32.2. The fourth-order valence-electron chi connectivity index (χ4n) is 5.48. The van der Waals surface area contributed by atoms with Crippen molar-refractivity contribution in [3.05, 3.63) is 96.1 Å². The minimum atomic E-state index is -3.48. The summed E-state index contributed by atoms with van der Waals surface area (Å²) in [5.74, 6) is -0.222. The van der Waals surface area contributed by atoms with Crippen LogP contribution in [0, 0.1) is 0 Å². The van der Waals surface area contributed by atoms with Crippen LogP contribution in [0.3, 0.4) is 0 Å². The van der Waals surface area contributed by atoms with Gasteiger partial charge in [-0.25, -0.2) is 8.42 Å². The van der Waals surface area contributed by atoms with Crippen molar-refractivity contribution in [2.45, 2.75) is 0 Å². The van der Waals surface area contributed by atoms with Gasteiger partial charge >= 0.3 is 0 Å². The van der Waals surface area contributed by atoms with Crippen LogP contribution in [-0.2, 0) is 10.0 Å². The van der Waals surface area contributed by atoms with E-state index in [1.807, 2.05) is 71.6 Å². The summed E-state index contributed by atoms with van der Waals surface area (Å²) in [6.45, 7) is 3.13. The molecule has 2 N–H and O–H groups in total. The Balaban J connectivity index is 1.33. The van der Waals surface area contributed by atoms with E-state index in [1.54, 1.807) is 18.2 Å². The van der Waals surface area contributed by atoms with Crippen LogP contribution in [0.2, 0.25) is 0 Å². The molecule has 0 spiro atoms. The Bertz CT molecular complexity index is 1850. The SMILES string of the molecule is CN1CCN(C(=O)c2cccc(-c3ccc4c(c3)Nc3cc(-c5ccccc5N(C)S(C)(=O)=O)ccc3C(=O)N4)c2)CC1. The maximum absolute atomic E-state index is 13.2. The molecular weight excluding hydrogens is 562 g/mol. The van der Waals surface area contributed by atoms with Crippen molar-refractivity contribution >= 4 is 44.6 Å². The fourth-order valence-corrected chi connectivity index (χ4v) is 6.00. The number of nitrogens with one attached hydrogen (secondary N) is 2. The third-order valence-corrected chi connectivity index (χ3v) is 9.28. The van der Waals surface area contributed by atoms with Crippen LogP contribution in [0.4, 0.5) is 22.7 Å². The quantitative estimate of drug-likeness (QED) is 0.333. The number of para-hydroxylation sites is 1. The monoisotopic (exact) mass is 595 g/mol. The number of benzene rings is 4. The number of sulfonamides is 1. The number of amides is 2. The Morgan fingerprint density at radius 2 is 1.44 bits per heavy atom. The lowest BCUT2D eigenvalue weighted by molar-refractivity contribution is 0.0664. The topological polar surface area (TPSA) is 102 Å². The molecule has 2 amide bonds. The molecule has 0 aliphatic carbocycles. The van der Waals surface area contributed by atoms with Crippen molar-refractivity contribution < 1.29 is 18.0 Å². The van der Waals surface area contributed by atoms with Gasteiger partial charge in [0.05, 0.1) is 34.6 Å². The summed E-state index contributed by atoms with van der Waals surface area (Å²) >= 11 is 0. The maximum Gasteiger partial charge on any atom is 0.257 e. The lowest BCUT2D eigenvalue weighted by Crippen LogP contribution is -2.47. The molecule has 4 aromatic rings. The van der Waals surface area contributed by atoms with Gasteiger partial charge in [0.15, 0.2) is 0 Å². The minimum Gasteiger partial charge on any atom is -0.353 e. The summed E-state index contributed by atoms with van der Waals surface area (Å²) in [4.78, 5) is 30.5. The average molecular weight is 596 g/mol. The van der Waals surface area contributed by atoms with Crippen molar-refractivity contribution in [2.24, 2.45) is 0 Å². The number of fused-ring (bicyclic) bond motifs is 2. The summed E-state index contributed by atoms with van der Waals surface area (Å²) in [5.41, 5.74) is 6.87. The third-order valence-electron chi connectivity index (χ3n) is 8.09. The van der Waals surface area contributed by atoms with E-state index in [0.29, 0.717) is 47.0 Å². The van der Waals surface area contributed by atoms with E-state index in [-0.39, 0.29) is 11.8 Å². The largest absolute Gasteiger partial charge is 0.353 e. The van der Waals surface area contributed by atoms with Crippen molar-refractivity contribution in [3.8, 4) is 22.3 Å². The third kappa shape index (κ3) is 5.71. The van der Waals surface area contributed by atoms with Crippen LogP contribution in [-0.4, -0.2) is 76.6 Å². The second kappa shape index (κ2) is 11.2. The second-order valence-electron chi connectivity index (χ2n) is 11.0. The molecule has 1 saturated heterocycles. The van der Waals surface area contributed by atoms with Gasteiger partial charge in [-0.05, 0) is 66.2 Å². The molecule has 0 unspecified atom stereocenters. The molecule has 9 nitrogen and oxygen atoms in total. The fraction of sp³-hybridized carbons (Fsp3) is 0.212. The number of nitrogens with zero attached hydrogens (tertiary/aromatic N) is 3. The zero-order chi connectivity index (χ0) is 30.3. The first-order valence-electron chi connectivity index (χ1n) is 14.1. The molecule has 2 heterocycles. The van der Waals surface area contributed by atoms with Crippen molar-refractivity contribution in [1.29, 1.82) is 0 Å². The van der Waals surface area contributed by atoms with Crippen molar-refractivity contribution in [1.82, 2.24) is 9.80 Å². The summed E-state index contributed by atoms with van der Waals surface area (Å²) in [6.07, 6.45) is 1.17. The summed E-state index contributed by atoms with van der Waals surface area (Å²) < 4.78 is 25.9. The number of hydrogen-bond acceptors (Lipinski definition) is 6. The summed E-state index contributed by atoms with van der Waals surface area (Å²) in [5, 5.41) is 6.42. The molecule has 4 aromatic carbocycles. The first kappa shape index (κ1) is 28.4. The molecule has 0 saturated carbocycles. The number of rotatable bonds is 5. The van der Waals surface area contributed by atoms with Gasteiger partial charge in [0, 0.05) is 44.4 Å². The highest BCUT2D eigenvalue weighted by Crippen LogP contribution is 2.39. The number of carbonyl (C=O) groups excluding carboxylic acids is 2. The second-order valence-corrected chi connectivity index (χ2v) is 13.0. The van der Waals surface area contributed by atoms with Gasteiger partial charge in [-0.15, -0.1) is 0 Å². The van der Waals surface area contributed by atoms with Crippen LogP contribution in [0.1, 0.15) is 20.7 Å². The van der Waals surface area contributed by atoms with E-state index in [4.69, 9.17) is 0 Å². The molecule has 6 rings (SSSR count).